The van der Waals surface area contributed by atoms with Crippen LogP contribution in [0.15, 0.2) is 48.5 Å². The number of halogens is 2. The van der Waals surface area contributed by atoms with Gasteiger partial charge >= 0.3 is 0 Å². The van der Waals surface area contributed by atoms with Gasteiger partial charge in [0.1, 0.15) is 5.82 Å². The summed E-state index contributed by atoms with van der Waals surface area (Å²) >= 11 is 5.97. The van der Waals surface area contributed by atoms with Crippen LogP contribution in [0.1, 0.15) is 11.1 Å². The number of hydrogen-bond donors (Lipinski definition) is 0. The minimum atomic E-state index is -0.282. The van der Waals surface area contributed by atoms with E-state index >= 15 is 0 Å². The lowest BCUT2D eigenvalue weighted by atomic mass is 10.1. The van der Waals surface area contributed by atoms with Crippen LogP contribution in [-0.4, -0.2) is 43.2 Å². The molecule has 0 spiro atoms. The van der Waals surface area contributed by atoms with E-state index < -0.39 is 0 Å². The first-order valence-electron chi connectivity index (χ1n) is 8.57. The van der Waals surface area contributed by atoms with Gasteiger partial charge in [-0.1, -0.05) is 41.9 Å². The van der Waals surface area contributed by atoms with Gasteiger partial charge in [-0.3, -0.25) is 4.79 Å². The Hall–Kier alpha value is -1.95. The van der Waals surface area contributed by atoms with E-state index in [9.17, 15) is 9.18 Å². The number of hydrogen-bond acceptors (Lipinski definition) is 3. The van der Waals surface area contributed by atoms with Crippen LogP contribution in [0.2, 0.25) is 5.02 Å². The van der Waals surface area contributed by atoms with E-state index in [-0.39, 0.29) is 24.4 Å². The van der Waals surface area contributed by atoms with Gasteiger partial charge in [0.05, 0.1) is 32.3 Å². The summed E-state index contributed by atoms with van der Waals surface area (Å²) < 4.78 is 24.8. The van der Waals surface area contributed by atoms with E-state index in [1.54, 1.807) is 35.2 Å². The Balaban J connectivity index is 1.47. The molecule has 1 atom stereocenters. The average Bonchev–Trinajstić information content (AvgIpc) is 2.64. The number of carbonyl (C=O) groups is 1. The van der Waals surface area contributed by atoms with Crippen LogP contribution in [0.5, 0.6) is 0 Å². The lowest BCUT2D eigenvalue weighted by Crippen LogP contribution is -2.47. The fourth-order valence-electron chi connectivity index (χ4n) is 2.90. The summed E-state index contributed by atoms with van der Waals surface area (Å²) in [6, 6.07) is 13.8. The summed E-state index contributed by atoms with van der Waals surface area (Å²) in [7, 11) is 0. The zero-order valence-electron chi connectivity index (χ0n) is 14.4. The normalized spacial score (nSPS) is 17.3. The molecule has 0 radical (unpaired) electrons. The van der Waals surface area contributed by atoms with Crippen LogP contribution >= 0.6 is 11.6 Å². The molecule has 2 aromatic carbocycles. The third kappa shape index (κ3) is 5.27. The average molecular weight is 378 g/mol. The SMILES string of the molecule is O=C(Cc1cccc(Cl)c1)N1CCOC(COCc2ccccc2F)C1. The first-order valence-corrected chi connectivity index (χ1v) is 8.94. The van der Waals surface area contributed by atoms with Gasteiger partial charge in [0, 0.05) is 23.7 Å². The Bertz CT molecular complexity index is 755. The van der Waals surface area contributed by atoms with E-state index in [0.29, 0.717) is 43.3 Å². The predicted molar refractivity (Wildman–Crippen MR) is 97.5 cm³/mol. The summed E-state index contributed by atoms with van der Waals surface area (Å²) in [4.78, 5) is 14.3. The van der Waals surface area contributed by atoms with Crippen LogP contribution in [-0.2, 0) is 27.3 Å². The standard InChI is InChI=1S/C20H21ClFNO3/c21-17-6-3-4-15(10-17)11-20(24)23-8-9-26-18(12-23)14-25-13-16-5-1-2-7-19(16)22/h1-7,10,18H,8-9,11-14H2. The zero-order valence-corrected chi connectivity index (χ0v) is 15.1. The molecule has 2 aromatic rings. The molecule has 4 nitrogen and oxygen atoms in total. The molecule has 1 amide bonds. The van der Waals surface area contributed by atoms with Crippen LogP contribution in [0, 0.1) is 5.82 Å². The molecule has 0 saturated carbocycles. The van der Waals surface area contributed by atoms with Crippen molar-refractivity contribution in [1.29, 1.82) is 0 Å². The summed E-state index contributed by atoms with van der Waals surface area (Å²) in [5, 5.41) is 0.622. The fourth-order valence-corrected chi connectivity index (χ4v) is 3.11. The second-order valence-electron chi connectivity index (χ2n) is 6.25. The first kappa shape index (κ1) is 18.8. The molecular weight excluding hydrogens is 357 g/mol. The van der Waals surface area contributed by atoms with Crippen LogP contribution in [0.4, 0.5) is 4.39 Å². The molecule has 0 bridgehead atoms. The van der Waals surface area contributed by atoms with Gasteiger partial charge < -0.3 is 14.4 Å². The number of nitrogens with zero attached hydrogens (tertiary/aromatic N) is 1. The van der Waals surface area contributed by atoms with E-state index in [0.717, 1.165) is 5.56 Å². The highest BCUT2D eigenvalue weighted by Crippen LogP contribution is 2.14. The van der Waals surface area contributed by atoms with Crippen molar-refractivity contribution in [1.82, 2.24) is 4.90 Å². The van der Waals surface area contributed by atoms with Crippen molar-refractivity contribution in [2.75, 3.05) is 26.3 Å². The first-order chi connectivity index (χ1) is 12.6. The maximum absolute atomic E-state index is 13.6. The number of morpholine rings is 1. The molecule has 138 valence electrons. The molecule has 1 aliphatic rings. The molecule has 6 heteroatoms. The second-order valence-corrected chi connectivity index (χ2v) is 6.68. The predicted octanol–water partition coefficient (Wildman–Crippen LogP) is 3.47. The van der Waals surface area contributed by atoms with Crippen LogP contribution < -0.4 is 0 Å². The maximum atomic E-state index is 13.6. The lowest BCUT2D eigenvalue weighted by Gasteiger charge is -2.33. The highest BCUT2D eigenvalue weighted by molar-refractivity contribution is 6.30. The summed E-state index contributed by atoms with van der Waals surface area (Å²) in [6.45, 7) is 1.99. The van der Waals surface area contributed by atoms with Crippen LogP contribution in [0.25, 0.3) is 0 Å². The molecule has 1 aliphatic heterocycles. The zero-order chi connectivity index (χ0) is 18.4. The van der Waals surface area contributed by atoms with E-state index in [1.807, 2.05) is 12.1 Å². The number of ether oxygens (including phenoxy) is 2. The van der Waals surface area contributed by atoms with Gasteiger partial charge in [-0.05, 0) is 23.8 Å². The molecular formula is C20H21ClFNO3. The quantitative estimate of drug-likeness (QED) is 0.773. The number of benzene rings is 2. The van der Waals surface area contributed by atoms with Crippen molar-refractivity contribution in [2.24, 2.45) is 0 Å². The van der Waals surface area contributed by atoms with Crippen molar-refractivity contribution >= 4 is 17.5 Å². The molecule has 0 N–H and O–H groups in total. The Morgan fingerprint density at radius 2 is 2.12 bits per heavy atom. The Morgan fingerprint density at radius 3 is 2.92 bits per heavy atom. The van der Waals surface area contributed by atoms with Gasteiger partial charge in [-0.25, -0.2) is 4.39 Å². The summed E-state index contributed by atoms with van der Waals surface area (Å²) in [6.07, 6.45) is 0.0995. The molecule has 1 unspecified atom stereocenters. The molecule has 3 rings (SSSR count). The van der Waals surface area contributed by atoms with E-state index in [1.165, 1.54) is 6.07 Å². The van der Waals surface area contributed by atoms with Gasteiger partial charge in [0.25, 0.3) is 0 Å². The van der Waals surface area contributed by atoms with Crippen molar-refractivity contribution in [3.8, 4) is 0 Å². The van der Waals surface area contributed by atoms with Gasteiger partial charge in [-0.15, -0.1) is 0 Å². The molecule has 1 heterocycles. The Kier molecular flexibility index (Phi) is 6.61. The third-order valence-electron chi connectivity index (χ3n) is 4.26. The minimum Gasteiger partial charge on any atom is -0.374 e. The Morgan fingerprint density at radius 1 is 1.27 bits per heavy atom. The van der Waals surface area contributed by atoms with Gasteiger partial charge in [-0.2, -0.15) is 0 Å². The molecule has 26 heavy (non-hydrogen) atoms. The van der Waals surface area contributed by atoms with Crippen LogP contribution in [0.3, 0.4) is 0 Å². The van der Waals surface area contributed by atoms with Crippen molar-refractivity contribution in [2.45, 2.75) is 19.1 Å². The number of rotatable bonds is 6. The highest BCUT2D eigenvalue weighted by Gasteiger charge is 2.24. The minimum absolute atomic E-state index is 0.0367. The van der Waals surface area contributed by atoms with Gasteiger partial charge in [0.2, 0.25) is 5.91 Å². The summed E-state index contributed by atoms with van der Waals surface area (Å²) in [5.74, 6) is -0.245. The Labute approximate surface area is 157 Å². The molecule has 1 saturated heterocycles. The largest absolute Gasteiger partial charge is 0.374 e. The molecule has 1 fully saturated rings. The van der Waals surface area contributed by atoms with E-state index in [2.05, 4.69) is 0 Å². The molecule has 0 aliphatic carbocycles. The number of carbonyl (C=O) groups excluding carboxylic acids is 1. The smallest absolute Gasteiger partial charge is 0.227 e. The van der Waals surface area contributed by atoms with Crippen molar-refractivity contribution in [3.63, 3.8) is 0 Å². The highest BCUT2D eigenvalue weighted by atomic mass is 35.5. The summed E-state index contributed by atoms with van der Waals surface area (Å²) in [5.41, 5.74) is 1.40. The second kappa shape index (κ2) is 9.12. The lowest BCUT2D eigenvalue weighted by molar-refractivity contribution is -0.140. The molecule has 0 aromatic heterocycles. The van der Waals surface area contributed by atoms with Gasteiger partial charge in [0.15, 0.2) is 0 Å². The topological polar surface area (TPSA) is 38.8 Å². The fraction of sp³-hybridized carbons (Fsp3) is 0.350. The van der Waals surface area contributed by atoms with Crippen molar-refractivity contribution in [3.05, 3.63) is 70.5 Å². The third-order valence-corrected chi connectivity index (χ3v) is 4.49. The number of amides is 1. The van der Waals surface area contributed by atoms with E-state index in [4.69, 9.17) is 21.1 Å². The van der Waals surface area contributed by atoms with Crippen molar-refractivity contribution < 1.29 is 18.7 Å². The monoisotopic (exact) mass is 377 g/mol. The maximum Gasteiger partial charge on any atom is 0.227 e.